The van der Waals surface area contributed by atoms with Gasteiger partial charge in [-0.25, -0.2) is 4.98 Å². The third-order valence-electron chi connectivity index (χ3n) is 4.17. The molecule has 0 amide bonds. The van der Waals surface area contributed by atoms with Crippen molar-refractivity contribution in [3.8, 4) is 0 Å². The molecule has 138 valence electrons. The second-order valence-corrected chi connectivity index (χ2v) is 5.79. The molecule has 1 saturated heterocycles. The lowest BCUT2D eigenvalue weighted by Crippen LogP contribution is -2.29. The summed E-state index contributed by atoms with van der Waals surface area (Å²) in [6.45, 7) is 0. The van der Waals surface area contributed by atoms with Gasteiger partial charge in [0.15, 0.2) is 29.3 Å². The van der Waals surface area contributed by atoms with Crippen LogP contribution in [0.15, 0.2) is 6.33 Å². The summed E-state index contributed by atoms with van der Waals surface area (Å²) >= 11 is 0. The number of aliphatic hydroxyl groups is 2. The Morgan fingerprint density at radius 1 is 1.15 bits per heavy atom. The zero-order valence-corrected chi connectivity index (χ0v) is 14.3. The maximum atomic E-state index is 10.5. The van der Waals surface area contributed by atoms with Crippen LogP contribution in [0.2, 0.25) is 0 Å². The van der Waals surface area contributed by atoms with E-state index in [4.69, 9.17) is 4.74 Å². The van der Waals surface area contributed by atoms with Crippen LogP contribution in [0, 0.1) is 0 Å². The lowest BCUT2D eigenvalue weighted by Gasteiger charge is -2.16. The lowest BCUT2D eigenvalue weighted by molar-refractivity contribution is -0.0384. The summed E-state index contributed by atoms with van der Waals surface area (Å²) in [5, 5.41) is 38.3. The molecular weight excluding hydrogens is 344 g/mol. The average Bonchev–Trinajstić information content (AvgIpc) is 3.33. The molecule has 3 aromatic rings. The number of ether oxygens (including phenoxy) is 1. The first-order chi connectivity index (χ1) is 12.5. The first-order valence-corrected chi connectivity index (χ1v) is 7.89. The van der Waals surface area contributed by atoms with Gasteiger partial charge >= 0.3 is 0 Å². The molecule has 3 unspecified atom stereocenters. The fourth-order valence-electron chi connectivity index (χ4n) is 2.90. The SMILES string of the molecule is CNc1nc(NC)c2ncn(C3O[C@H](c4nnn(C)n4)C(O)C3O)c2n1. The van der Waals surface area contributed by atoms with Crippen LogP contribution in [0.3, 0.4) is 0 Å². The summed E-state index contributed by atoms with van der Waals surface area (Å²) < 4.78 is 7.37. The average molecular weight is 362 g/mol. The molecule has 1 aliphatic heterocycles. The molecule has 4 heterocycles. The number of nitrogens with zero attached hydrogens (tertiary/aromatic N) is 8. The van der Waals surface area contributed by atoms with Gasteiger partial charge in [0.25, 0.3) is 0 Å². The summed E-state index contributed by atoms with van der Waals surface area (Å²) in [6, 6.07) is 0. The molecule has 1 aliphatic rings. The van der Waals surface area contributed by atoms with Crippen molar-refractivity contribution in [2.75, 3.05) is 24.7 Å². The number of nitrogens with one attached hydrogen (secondary N) is 2. The number of aliphatic hydroxyl groups excluding tert-OH is 2. The quantitative estimate of drug-likeness (QED) is 0.424. The van der Waals surface area contributed by atoms with Crippen molar-refractivity contribution in [1.82, 2.24) is 39.7 Å². The first kappa shape index (κ1) is 16.6. The summed E-state index contributed by atoms with van der Waals surface area (Å²) in [4.78, 5) is 14.2. The second kappa shape index (κ2) is 6.12. The number of fused-ring (bicyclic) bond motifs is 1. The Morgan fingerprint density at radius 3 is 2.62 bits per heavy atom. The Labute approximate surface area is 147 Å². The van der Waals surface area contributed by atoms with Crippen molar-refractivity contribution < 1.29 is 14.9 Å². The minimum absolute atomic E-state index is 0.187. The minimum atomic E-state index is -1.23. The Morgan fingerprint density at radius 2 is 1.96 bits per heavy atom. The van der Waals surface area contributed by atoms with E-state index in [2.05, 4.69) is 41.0 Å². The molecule has 4 atom stereocenters. The molecule has 4 rings (SSSR count). The highest BCUT2D eigenvalue weighted by atomic mass is 16.6. The highest BCUT2D eigenvalue weighted by molar-refractivity contribution is 5.84. The van der Waals surface area contributed by atoms with Gasteiger partial charge in [-0.2, -0.15) is 14.8 Å². The van der Waals surface area contributed by atoms with Gasteiger partial charge in [0.1, 0.15) is 12.2 Å². The van der Waals surface area contributed by atoms with Crippen LogP contribution in [0.4, 0.5) is 11.8 Å². The van der Waals surface area contributed by atoms with Crippen molar-refractivity contribution in [2.24, 2.45) is 7.05 Å². The Balaban J connectivity index is 1.75. The van der Waals surface area contributed by atoms with Gasteiger partial charge in [-0.05, 0) is 5.21 Å². The van der Waals surface area contributed by atoms with Crippen molar-refractivity contribution in [3.63, 3.8) is 0 Å². The predicted octanol–water partition coefficient (Wildman–Crippen LogP) is -1.57. The van der Waals surface area contributed by atoms with Crippen molar-refractivity contribution >= 4 is 22.9 Å². The molecule has 4 N–H and O–H groups in total. The van der Waals surface area contributed by atoms with Gasteiger partial charge in [-0.3, -0.25) is 4.57 Å². The van der Waals surface area contributed by atoms with Crippen LogP contribution in [-0.4, -0.2) is 76.2 Å². The zero-order chi connectivity index (χ0) is 18.4. The number of hydrogen-bond acceptors (Lipinski definition) is 11. The van der Waals surface area contributed by atoms with Gasteiger partial charge in [-0.1, -0.05) is 0 Å². The topological polar surface area (TPSA) is 161 Å². The van der Waals surface area contributed by atoms with E-state index in [1.807, 2.05) is 0 Å². The van der Waals surface area contributed by atoms with Crippen molar-refractivity contribution in [3.05, 3.63) is 12.2 Å². The number of aromatic nitrogens is 8. The summed E-state index contributed by atoms with van der Waals surface area (Å²) in [6.07, 6.45) is -2.82. The molecule has 0 bridgehead atoms. The third kappa shape index (κ3) is 2.44. The highest BCUT2D eigenvalue weighted by Gasteiger charge is 2.47. The van der Waals surface area contributed by atoms with E-state index in [-0.39, 0.29) is 5.82 Å². The standard InChI is InChI=1S/C13H18N10O3/c1-14-9-5-11(18-13(15-2)17-9)23(4-16-5)12-7(25)6(24)8(26-12)10-19-21-22(3)20-10/h4,6-8,12,24-25H,1-3H3,(H2,14,15,17,18)/t6?,7?,8-,12?/m0/s1. The number of anilines is 2. The van der Waals surface area contributed by atoms with Crippen LogP contribution < -0.4 is 10.6 Å². The monoisotopic (exact) mass is 362 g/mol. The van der Waals surface area contributed by atoms with E-state index in [1.165, 1.54) is 11.1 Å². The van der Waals surface area contributed by atoms with Crippen LogP contribution in [0.25, 0.3) is 11.2 Å². The van der Waals surface area contributed by atoms with Crippen LogP contribution in [0.1, 0.15) is 18.2 Å². The molecule has 1 fully saturated rings. The second-order valence-electron chi connectivity index (χ2n) is 5.79. The van der Waals surface area contributed by atoms with Gasteiger partial charge in [0.2, 0.25) is 11.8 Å². The Bertz CT molecular complexity index is 940. The molecule has 13 nitrogen and oxygen atoms in total. The van der Waals surface area contributed by atoms with E-state index >= 15 is 0 Å². The molecule has 0 radical (unpaired) electrons. The van der Waals surface area contributed by atoms with E-state index in [0.717, 1.165) is 0 Å². The van der Waals surface area contributed by atoms with Gasteiger partial charge < -0.3 is 25.6 Å². The summed E-state index contributed by atoms with van der Waals surface area (Å²) in [5.41, 5.74) is 0.954. The smallest absolute Gasteiger partial charge is 0.226 e. The minimum Gasteiger partial charge on any atom is -0.387 e. The van der Waals surface area contributed by atoms with E-state index in [1.54, 1.807) is 25.7 Å². The fraction of sp³-hybridized carbons (Fsp3) is 0.538. The zero-order valence-electron chi connectivity index (χ0n) is 14.3. The molecule has 3 aromatic heterocycles. The first-order valence-electron chi connectivity index (χ1n) is 7.89. The summed E-state index contributed by atoms with van der Waals surface area (Å²) in [5.74, 6) is 1.09. The number of hydrogen-bond donors (Lipinski definition) is 4. The maximum Gasteiger partial charge on any atom is 0.226 e. The third-order valence-corrected chi connectivity index (χ3v) is 4.17. The molecule has 0 spiro atoms. The van der Waals surface area contributed by atoms with Crippen molar-refractivity contribution in [2.45, 2.75) is 24.5 Å². The number of rotatable bonds is 4. The van der Waals surface area contributed by atoms with Crippen LogP contribution in [-0.2, 0) is 11.8 Å². The van der Waals surface area contributed by atoms with Crippen molar-refractivity contribution in [1.29, 1.82) is 0 Å². The van der Waals surface area contributed by atoms with Crippen LogP contribution in [0.5, 0.6) is 0 Å². The van der Waals surface area contributed by atoms with E-state index in [9.17, 15) is 10.2 Å². The molecule has 13 heteroatoms. The molecule has 0 aromatic carbocycles. The summed E-state index contributed by atoms with van der Waals surface area (Å²) in [7, 11) is 5.02. The lowest BCUT2D eigenvalue weighted by atomic mass is 10.1. The van der Waals surface area contributed by atoms with Gasteiger partial charge in [0, 0.05) is 14.1 Å². The van der Waals surface area contributed by atoms with Crippen LogP contribution >= 0.6 is 0 Å². The molecular formula is C13H18N10O3. The Kier molecular flexibility index (Phi) is 3.90. The predicted molar refractivity (Wildman–Crippen MR) is 88.1 cm³/mol. The van der Waals surface area contributed by atoms with E-state index < -0.39 is 24.5 Å². The van der Waals surface area contributed by atoms with Gasteiger partial charge in [-0.15, -0.1) is 10.2 Å². The maximum absolute atomic E-state index is 10.5. The molecule has 0 saturated carbocycles. The Hall–Kier alpha value is -2.90. The molecule has 0 aliphatic carbocycles. The number of aryl methyl sites for hydroxylation is 1. The number of tetrazole rings is 1. The molecule has 26 heavy (non-hydrogen) atoms. The van der Waals surface area contributed by atoms with E-state index in [0.29, 0.717) is 22.9 Å². The highest BCUT2D eigenvalue weighted by Crippen LogP contribution is 2.38. The normalized spacial score (nSPS) is 25.7. The number of imidazole rings is 1. The fourth-order valence-corrected chi connectivity index (χ4v) is 2.90. The van der Waals surface area contributed by atoms with Gasteiger partial charge in [0.05, 0.1) is 13.4 Å². The largest absolute Gasteiger partial charge is 0.387 e.